The van der Waals surface area contributed by atoms with Gasteiger partial charge in [0.2, 0.25) is 5.91 Å². The lowest BCUT2D eigenvalue weighted by Crippen LogP contribution is -2.16. The molecule has 1 saturated heterocycles. The van der Waals surface area contributed by atoms with Gasteiger partial charge in [-0.3, -0.25) is 9.59 Å². The van der Waals surface area contributed by atoms with Crippen molar-refractivity contribution in [2.24, 2.45) is 0 Å². The molecule has 1 fully saturated rings. The minimum atomic E-state index is -1.81. The van der Waals surface area contributed by atoms with Crippen molar-refractivity contribution in [3.63, 3.8) is 0 Å². The first-order valence-electron chi connectivity index (χ1n) is 14.4. The van der Waals surface area contributed by atoms with Crippen LogP contribution in [-0.4, -0.2) is 46.3 Å². The highest BCUT2D eigenvalue weighted by molar-refractivity contribution is 9.43. The highest BCUT2D eigenvalue weighted by atomic mass is 33.7. The number of aromatic hydroxyl groups is 1. The van der Waals surface area contributed by atoms with Gasteiger partial charge in [0, 0.05) is 24.3 Å². The molecular formula is C29H31N3O12P2S3. The number of nitrogens with one attached hydrogen (secondary N) is 1. The van der Waals surface area contributed by atoms with Gasteiger partial charge in [-0.05, 0) is 84.9 Å². The zero-order valence-electron chi connectivity index (χ0n) is 26.0. The number of benzene rings is 3. The molecule has 15 nitrogen and oxygen atoms in total. The number of anilines is 1. The normalized spacial score (nSPS) is 16.1. The number of phenolic OH excluding ortho intramolecular Hbond substituents is 1. The fraction of sp³-hybridized carbons (Fsp3) is 0.276. The molecule has 0 radical (unpaired) electrons. The number of unbranched alkanes of at least 4 members (excludes halogenated alkanes) is 1. The Morgan fingerprint density at radius 3 is 2.10 bits per heavy atom. The second kappa shape index (κ2) is 19.3. The van der Waals surface area contributed by atoms with E-state index in [0.717, 1.165) is 23.5 Å². The zero-order chi connectivity index (χ0) is 36.0. The first-order chi connectivity index (χ1) is 23.3. The predicted molar refractivity (Wildman–Crippen MR) is 192 cm³/mol. The van der Waals surface area contributed by atoms with E-state index in [9.17, 15) is 39.7 Å². The topological polar surface area (TPSA) is 207 Å². The molecule has 0 saturated carbocycles. The lowest BCUT2D eigenvalue weighted by molar-refractivity contribution is -0.757. The van der Waals surface area contributed by atoms with Crippen LogP contribution in [0.4, 0.5) is 5.69 Å². The largest absolute Gasteiger partial charge is 0.508 e. The number of carbonyl (C=O) groups is 3. The predicted octanol–water partition coefficient (Wildman–Crippen LogP) is 6.51. The first kappa shape index (κ1) is 39.5. The van der Waals surface area contributed by atoms with Gasteiger partial charge in [-0.2, -0.15) is 0 Å². The van der Waals surface area contributed by atoms with Crippen LogP contribution in [0, 0.1) is 20.2 Å². The molecule has 49 heavy (non-hydrogen) atoms. The molecule has 0 unspecified atom stereocenters. The van der Waals surface area contributed by atoms with E-state index < -0.39 is 38.8 Å². The zero-order valence-corrected chi connectivity index (χ0v) is 30.3. The SMILES string of the molecule is CC(=O)Oc1ccc(NC(=O)CCCO[N+](=O)[O-])cc1C(=O)Oc1ccc(P2SP(=S)(c3ccc(O)cc3)S2)cc1.CCCCO[N+](=O)[O-]. The minimum Gasteiger partial charge on any atom is -0.508 e. The molecule has 0 aromatic heterocycles. The van der Waals surface area contributed by atoms with Crippen molar-refractivity contribution in [1.29, 1.82) is 0 Å². The van der Waals surface area contributed by atoms with Gasteiger partial charge in [0.1, 0.15) is 22.8 Å². The summed E-state index contributed by atoms with van der Waals surface area (Å²) in [5, 5.41) is 32.2. The van der Waals surface area contributed by atoms with Gasteiger partial charge in [0.25, 0.3) is 10.2 Å². The van der Waals surface area contributed by atoms with E-state index in [4.69, 9.17) is 21.3 Å². The van der Waals surface area contributed by atoms with E-state index in [-0.39, 0.29) is 54.6 Å². The molecular weight excluding hydrogens is 740 g/mol. The third-order valence-corrected chi connectivity index (χ3v) is 31.0. The second-order valence-corrected chi connectivity index (χ2v) is 26.4. The molecule has 0 spiro atoms. The standard InChI is InChI=1S/C25H22N2O9P2S3.C4H9NO3/c1-16(28)35-23-13-4-17(26-24(30)3-2-14-34-27(32)33)15-22(23)25(31)36-19-7-9-20(10-8-19)37-40-38(39,41-37)21-11-5-18(29)6-12-21;1-2-3-4-8-5(6)7/h4-13,15,29H,2-3,14H2,1H3,(H,26,30);2-4H2,1H3. The summed E-state index contributed by atoms with van der Waals surface area (Å²) in [5.41, 5.74) is 0.164. The first-order valence-corrected chi connectivity index (χ1v) is 22.6. The van der Waals surface area contributed by atoms with E-state index in [2.05, 4.69) is 15.0 Å². The van der Waals surface area contributed by atoms with E-state index in [1.165, 1.54) is 25.1 Å². The van der Waals surface area contributed by atoms with Crippen LogP contribution >= 0.6 is 32.8 Å². The quantitative estimate of drug-likeness (QED) is 0.0422. The third kappa shape index (κ3) is 13.1. The molecule has 3 aromatic carbocycles. The van der Waals surface area contributed by atoms with Crippen LogP contribution in [0.2, 0.25) is 0 Å². The molecule has 0 bridgehead atoms. The second-order valence-electron chi connectivity index (χ2n) is 9.74. The van der Waals surface area contributed by atoms with Crippen molar-refractivity contribution >= 4 is 78.7 Å². The summed E-state index contributed by atoms with van der Waals surface area (Å²) in [4.78, 5) is 64.7. The van der Waals surface area contributed by atoms with E-state index in [1.807, 2.05) is 31.2 Å². The lowest BCUT2D eigenvalue weighted by Gasteiger charge is -2.37. The number of esters is 2. The number of ether oxygens (including phenoxy) is 2. The van der Waals surface area contributed by atoms with E-state index in [0.29, 0.717) is 0 Å². The van der Waals surface area contributed by atoms with Gasteiger partial charge >= 0.3 is 11.9 Å². The summed E-state index contributed by atoms with van der Waals surface area (Å²) < 4.78 is 8.86. The van der Waals surface area contributed by atoms with Gasteiger partial charge in [-0.25, -0.2) is 4.79 Å². The molecule has 4 rings (SSSR count). The highest BCUT2D eigenvalue weighted by Crippen LogP contribution is 2.99. The van der Waals surface area contributed by atoms with E-state index >= 15 is 0 Å². The van der Waals surface area contributed by atoms with Crippen molar-refractivity contribution in [1.82, 2.24) is 0 Å². The Bertz CT molecular complexity index is 1690. The lowest BCUT2D eigenvalue weighted by atomic mass is 10.1. The van der Waals surface area contributed by atoms with Crippen molar-refractivity contribution in [2.75, 3.05) is 18.5 Å². The number of hydrogen-bond donors (Lipinski definition) is 2. The molecule has 1 heterocycles. The minimum absolute atomic E-state index is 0.0396. The maximum atomic E-state index is 13.0. The molecule has 3 aromatic rings. The summed E-state index contributed by atoms with van der Waals surface area (Å²) in [6.45, 7) is 3.14. The number of hydrogen-bond acceptors (Lipinski definition) is 15. The maximum absolute atomic E-state index is 13.0. The van der Waals surface area contributed by atoms with Crippen molar-refractivity contribution in [2.45, 2.75) is 39.5 Å². The Kier molecular flexibility index (Phi) is 15.5. The van der Waals surface area contributed by atoms with Crippen LogP contribution in [0.5, 0.6) is 17.2 Å². The fourth-order valence-electron chi connectivity index (χ4n) is 3.71. The molecule has 20 heteroatoms. The van der Waals surface area contributed by atoms with Crippen LogP contribution in [0.1, 0.15) is 49.9 Å². The summed E-state index contributed by atoms with van der Waals surface area (Å²) in [5.74, 6) is -1.45. The number of carbonyl (C=O) groups excluding carboxylic acids is 3. The fourth-order valence-corrected chi connectivity index (χ4v) is 29.7. The van der Waals surface area contributed by atoms with Crippen molar-refractivity contribution in [3.05, 3.63) is 92.5 Å². The van der Waals surface area contributed by atoms with Crippen LogP contribution < -0.4 is 25.4 Å². The molecule has 1 aliphatic rings. The molecule has 1 aliphatic heterocycles. The van der Waals surface area contributed by atoms with Gasteiger partial charge in [-0.1, -0.05) is 47.2 Å². The molecule has 0 aliphatic carbocycles. The summed E-state index contributed by atoms with van der Waals surface area (Å²) in [6, 6.07) is 18.2. The van der Waals surface area contributed by atoms with E-state index in [1.54, 1.807) is 46.3 Å². The van der Waals surface area contributed by atoms with Gasteiger partial charge in [-0.15, -0.1) is 20.2 Å². The average Bonchev–Trinajstić information content (AvgIpc) is 3.03. The smallest absolute Gasteiger partial charge is 0.347 e. The van der Waals surface area contributed by atoms with Crippen molar-refractivity contribution in [3.8, 4) is 17.2 Å². The number of rotatable bonds is 15. The Hall–Kier alpha value is -3.95. The number of nitrogens with zero attached hydrogens (tertiary/aromatic N) is 2. The number of amides is 1. The van der Waals surface area contributed by atoms with Crippen LogP contribution in [0.3, 0.4) is 0 Å². The van der Waals surface area contributed by atoms with Gasteiger partial charge < -0.3 is 29.6 Å². The average molecular weight is 772 g/mol. The third-order valence-electron chi connectivity index (χ3n) is 5.96. The Balaban J connectivity index is 0.000000723. The summed E-state index contributed by atoms with van der Waals surface area (Å²) >= 11 is 9.42. The van der Waals surface area contributed by atoms with Crippen LogP contribution in [0.15, 0.2) is 66.7 Å². The molecule has 262 valence electrons. The molecule has 0 atom stereocenters. The number of phenols is 1. The van der Waals surface area contributed by atoms with Gasteiger partial charge in [0.15, 0.2) is 0 Å². The van der Waals surface area contributed by atoms with Crippen LogP contribution in [-0.2, 0) is 31.1 Å². The van der Waals surface area contributed by atoms with Crippen molar-refractivity contribution < 1.29 is 48.8 Å². The Labute approximate surface area is 294 Å². The molecule has 1 amide bonds. The summed E-state index contributed by atoms with van der Waals surface area (Å²) in [7, 11) is 0. The summed E-state index contributed by atoms with van der Waals surface area (Å²) in [6.07, 6.45) is 1.16. The Morgan fingerprint density at radius 1 is 0.918 bits per heavy atom. The van der Waals surface area contributed by atoms with Gasteiger partial charge in [0.05, 0.1) is 24.0 Å². The Morgan fingerprint density at radius 2 is 1.53 bits per heavy atom. The molecule has 2 N–H and O–H groups in total. The highest BCUT2D eigenvalue weighted by Gasteiger charge is 2.40. The maximum Gasteiger partial charge on any atom is 0.347 e. The monoisotopic (exact) mass is 771 g/mol. The van der Waals surface area contributed by atoms with Crippen LogP contribution in [0.25, 0.3) is 0 Å².